The van der Waals surface area contributed by atoms with Crippen LogP contribution in [0.3, 0.4) is 0 Å². The van der Waals surface area contributed by atoms with E-state index in [9.17, 15) is 9.90 Å². The Hall–Kier alpha value is -1.43. The van der Waals surface area contributed by atoms with Gasteiger partial charge in [-0.3, -0.25) is 4.79 Å². The molecule has 0 unspecified atom stereocenters. The molecule has 1 aromatic rings. The lowest BCUT2D eigenvalue weighted by molar-refractivity contribution is -0.908. The van der Waals surface area contributed by atoms with E-state index in [0.717, 1.165) is 31.5 Å². The fourth-order valence-corrected chi connectivity index (χ4v) is 3.01. The Bertz CT molecular complexity index is 457. The van der Waals surface area contributed by atoms with Gasteiger partial charge in [-0.1, -0.05) is 30.3 Å². The van der Waals surface area contributed by atoms with Gasteiger partial charge >= 0.3 is 5.97 Å². The highest BCUT2D eigenvalue weighted by atomic mass is 16.5. The van der Waals surface area contributed by atoms with Gasteiger partial charge in [-0.05, 0) is 12.5 Å². The van der Waals surface area contributed by atoms with Crippen LogP contribution in [0.25, 0.3) is 0 Å². The molecular formula is C18H28NO4+. The van der Waals surface area contributed by atoms with Crippen LogP contribution in [0.2, 0.25) is 0 Å². The molecule has 0 bridgehead atoms. The van der Waals surface area contributed by atoms with E-state index in [0.29, 0.717) is 26.4 Å². The predicted molar refractivity (Wildman–Crippen MR) is 87.0 cm³/mol. The van der Waals surface area contributed by atoms with Crippen LogP contribution in [0.1, 0.15) is 25.3 Å². The molecule has 128 valence electrons. The maximum atomic E-state index is 11.7. The Morgan fingerprint density at radius 1 is 1.30 bits per heavy atom. The number of rotatable bonds is 8. The number of carbonyl (C=O) groups excluding carboxylic acids is 1. The molecule has 2 N–H and O–H groups in total. The maximum absolute atomic E-state index is 11.7. The number of hydrogen-bond acceptors (Lipinski definition) is 4. The Kier molecular flexibility index (Phi) is 7.52. The zero-order valence-corrected chi connectivity index (χ0v) is 13.9. The highest BCUT2D eigenvalue weighted by Gasteiger charge is 2.29. The van der Waals surface area contributed by atoms with Crippen molar-refractivity contribution in [1.82, 2.24) is 0 Å². The van der Waals surface area contributed by atoms with Crippen molar-refractivity contribution in [3.8, 4) is 0 Å². The average molecular weight is 322 g/mol. The summed E-state index contributed by atoms with van der Waals surface area (Å²) in [4.78, 5) is 13.0. The van der Waals surface area contributed by atoms with E-state index < -0.39 is 6.10 Å². The van der Waals surface area contributed by atoms with Crippen molar-refractivity contribution in [2.75, 3.05) is 32.8 Å². The molecule has 2 rings (SSSR count). The normalized spacial score (nSPS) is 22.5. The minimum absolute atomic E-state index is 0.0326. The molecule has 1 saturated heterocycles. The largest absolute Gasteiger partial charge is 0.466 e. The van der Waals surface area contributed by atoms with Crippen molar-refractivity contribution in [3.63, 3.8) is 0 Å². The van der Waals surface area contributed by atoms with Crippen molar-refractivity contribution in [1.29, 1.82) is 0 Å². The quantitative estimate of drug-likeness (QED) is 0.681. The summed E-state index contributed by atoms with van der Waals surface area (Å²) in [5.74, 6) is -0.0385. The molecule has 1 atom stereocenters. The standard InChI is InChI=1S/C18H27NO4/c1-2-23-18(21)16-8-10-19(11-9-16)12-17(20)14-22-13-15-6-4-3-5-7-15/h3-7,16-17,20H,2,8-14H2,1H3/p+1/t17-/m1/s1. The zero-order chi connectivity index (χ0) is 16.5. The highest BCUT2D eigenvalue weighted by Crippen LogP contribution is 2.11. The van der Waals surface area contributed by atoms with Crippen LogP contribution in [0.5, 0.6) is 0 Å². The van der Waals surface area contributed by atoms with Crippen LogP contribution in [0.15, 0.2) is 30.3 Å². The number of aliphatic hydroxyl groups is 1. The zero-order valence-electron chi connectivity index (χ0n) is 13.9. The number of carbonyl (C=O) groups is 1. The average Bonchev–Trinajstić information content (AvgIpc) is 2.57. The molecule has 5 nitrogen and oxygen atoms in total. The third-order valence-electron chi connectivity index (χ3n) is 4.26. The van der Waals surface area contributed by atoms with Crippen molar-refractivity contribution in [2.24, 2.45) is 5.92 Å². The van der Waals surface area contributed by atoms with Gasteiger partial charge in [0.05, 0.1) is 38.8 Å². The summed E-state index contributed by atoms with van der Waals surface area (Å²) >= 11 is 0. The molecule has 1 aromatic carbocycles. The molecule has 1 aliphatic heterocycles. The molecule has 0 spiro atoms. The second kappa shape index (κ2) is 9.65. The number of nitrogens with one attached hydrogen (secondary N) is 1. The fourth-order valence-electron chi connectivity index (χ4n) is 3.01. The van der Waals surface area contributed by atoms with Crippen molar-refractivity contribution in [3.05, 3.63) is 35.9 Å². The van der Waals surface area contributed by atoms with Crippen LogP contribution in [-0.2, 0) is 20.9 Å². The Morgan fingerprint density at radius 3 is 2.65 bits per heavy atom. The molecule has 1 fully saturated rings. The summed E-state index contributed by atoms with van der Waals surface area (Å²) in [5, 5.41) is 10.1. The topological polar surface area (TPSA) is 60.2 Å². The molecule has 1 aliphatic rings. The van der Waals surface area contributed by atoms with Crippen molar-refractivity contribution < 1.29 is 24.3 Å². The first-order valence-corrected chi connectivity index (χ1v) is 8.49. The first kappa shape index (κ1) is 17.9. The number of aliphatic hydroxyl groups excluding tert-OH is 1. The minimum atomic E-state index is -0.465. The first-order valence-electron chi connectivity index (χ1n) is 8.49. The Morgan fingerprint density at radius 2 is 2.00 bits per heavy atom. The van der Waals surface area contributed by atoms with Crippen molar-refractivity contribution in [2.45, 2.75) is 32.5 Å². The second-order valence-electron chi connectivity index (χ2n) is 6.13. The monoisotopic (exact) mass is 322 g/mol. The van der Waals surface area contributed by atoms with E-state index in [1.807, 2.05) is 37.3 Å². The summed E-state index contributed by atoms with van der Waals surface area (Å²) in [6.45, 7) is 5.63. The van der Waals surface area contributed by atoms with Crippen LogP contribution < -0.4 is 4.90 Å². The molecule has 0 radical (unpaired) electrons. The van der Waals surface area contributed by atoms with E-state index in [1.54, 1.807) is 0 Å². The lowest BCUT2D eigenvalue weighted by atomic mass is 9.97. The summed E-state index contributed by atoms with van der Waals surface area (Å²) in [5.41, 5.74) is 1.11. The maximum Gasteiger partial charge on any atom is 0.309 e. The number of esters is 1. The third kappa shape index (κ3) is 6.29. The van der Waals surface area contributed by atoms with E-state index in [4.69, 9.17) is 9.47 Å². The summed E-state index contributed by atoms with van der Waals surface area (Å²) < 4.78 is 10.7. The van der Waals surface area contributed by atoms with E-state index in [-0.39, 0.29) is 11.9 Å². The van der Waals surface area contributed by atoms with Gasteiger partial charge < -0.3 is 19.5 Å². The number of likely N-dealkylation sites (tertiary alicyclic amines) is 1. The van der Waals surface area contributed by atoms with Crippen molar-refractivity contribution >= 4 is 5.97 Å². The van der Waals surface area contributed by atoms with Gasteiger partial charge in [0.2, 0.25) is 0 Å². The Balaban J connectivity index is 1.61. The third-order valence-corrected chi connectivity index (χ3v) is 4.26. The van der Waals surface area contributed by atoms with Gasteiger partial charge in [0.15, 0.2) is 0 Å². The molecular weight excluding hydrogens is 294 g/mol. The van der Waals surface area contributed by atoms with Crippen LogP contribution in [0, 0.1) is 5.92 Å². The fraction of sp³-hybridized carbons (Fsp3) is 0.611. The summed E-state index contributed by atoms with van der Waals surface area (Å²) in [7, 11) is 0. The molecule has 0 amide bonds. The SMILES string of the molecule is CCOC(=O)C1CC[NH+](C[C@@H](O)COCc2ccccc2)CC1. The first-order chi connectivity index (χ1) is 11.2. The number of quaternary nitrogens is 1. The second-order valence-corrected chi connectivity index (χ2v) is 6.13. The van der Waals surface area contributed by atoms with E-state index in [1.165, 1.54) is 4.90 Å². The van der Waals surface area contributed by atoms with Gasteiger partial charge in [-0.2, -0.15) is 0 Å². The molecule has 0 saturated carbocycles. The summed E-state index contributed by atoms with van der Waals surface area (Å²) in [6.07, 6.45) is 1.21. The van der Waals surface area contributed by atoms with Gasteiger partial charge in [0.25, 0.3) is 0 Å². The number of hydrogen-bond donors (Lipinski definition) is 2. The van der Waals surface area contributed by atoms with Gasteiger partial charge in [-0.25, -0.2) is 0 Å². The smallest absolute Gasteiger partial charge is 0.309 e. The van der Waals surface area contributed by atoms with Crippen LogP contribution in [0.4, 0.5) is 0 Å². The summed E-state index contributed by atoms with van der Waals surface area (Å²) in [6, 6.07) is 9.96. The molecule has 23 heavy (non-hydrogen) atoms. The van der Waals surface area contributed by atoms with Gasteiger partial charge in [-0.15, -0.1) is 0 Å². The van der Waals surface area contributed by atoms with E-state index >= 15 is 0 Å². The lowest BCUT2D eigenvalue weighted by Crippen LogP contribution is -3.14. The minimum Gasteiger partial charge on any atom is -0.466 e. The molecule has 0 aliphatic carbocycles. The molecule has 5 heteroatoms. The van der Waals surface area contributed by atoms with Gasteiger partial charge in [0, 0.05) is 12.8 Å². The Labute approximate surface area is 138 Å². The van der Waals surface area contributed by atoms with Gasteiger partial charge in [0.1, 0.15) is 12.6 Å². The molecule has 1 heterocycles. The molecule has 0 aromatic heterocycles. The lowest BCUT2D eigenvalue weighted by Gasteiger charge is -2.29. The predicted octanol–water partition coefficient (Wildman–Crippen LogP) is 0.422. The van der Waals surface area contributed by atoms with Crippen LogP contribution >= 0.6 is 0 Å². The number of piperidine rings is 1. The van der Waals surface area contributed by atoms with Crippen LogP contribution in [-0.4, -0.2) is 50.0 Å². The number of ether oxygens (including phenoxy) is 2. The van der Waals surface area contributed by atoms with E-state index in [2.05, 4.69) is 0 Å². The highest BCUT2D eigenvalue weighted by molar-refractivity contribution is 5.72. The number of benzene rings is 1.